The van der Waals surface area contributed by atoms with Crippen LogP contribution in [0.5, 0.6) is 0 Å². The molecule has 1 saturated carbocycles. The lowest BCUT2D eigenvalue weighted by Crippen LogP contribution is -2.32. The van der Waals surface area contributed by atoms with E-state index < -0.39 is 0 Å². The summed E-state index contributed by atoms with van der Waals surface area (Å²) in [5.41, 5.74) is 0.340. The Hall–Kier alpha value is 0.310. The molecule has 1 nitrogen and oxygen atoms in total. The molecule has 2 aliphatic rings. The van der Waals surface area contributed by atoms with Crippen LogP contribution in [0.4, 0.5) is 0 Å². The third-order valence-electron chi connectivity index (χ3n) is 3.67. The summed E-state index contributed by atoms with van der Waals surface area (Å²) in [4.78, 5) is 0. The van der Waals surface area contributed by atoms with Gasteiger partial charge >= 0.3 is 0 Å². The molecule has 1 N–H and O–H groups in total. The lowest BCUT2D eigenvalue weighted by Gasteiger charge is -2.32. The van der Waals surface area contributed by atoms with Gasteiger partial charge in [-0.15, -0.1) is 0 Å². The summed E-state index contributed by atoms with van der Waals surface area (Å²) in [7, 11) is 0. The smallest absolute Gasteiger partial charge is 0.0490 e. The molecule has 0 bridgehead atoms. The predicted molar refractivity (Wildman–Crippen MR) is 53.4 cm³/mol. The van der Waals surface area contributed by atoms with Crippen LogP contribution in [0.1, 0.15) is 33.1 Å². The highest BCUT2D eigenvalue weighted by molar-refractivity contribution is 8.00. The quantitative estimate of drug-likeness (QED) is 0.714. The van der Waals surface area contributed by atoms with E-state index >= 15 is 0 Å². The van der Waals surface area contributed by atoms with Crippen LogP contribution in [-0.2, 0) is 0 Å². The first-order valence-electron chi connectivity index (χ1n) is 4.86. The number of aliphatic hydroxyl groups is 1. The molecule has 70 valence electrons. The molecular weight excluding hydrogens is 168 g/mol. The first kappa shape index (κ1) is 8.89. The van der Waals surface area contributed by atoms with Crippen LogP contribution >= 0.6 is 11.8 Å². The van der Waals surface area contributed by atoms with Gasteiger partial charge in [-0.05, 0) is 36.3 Å². The van der Waals surface area contributed by atoms with Crippen molar-refractivity contribution in [3.05, 3.63) is 0 Å². The van der Waals surface area contributed by atoms with Crippen molar-refractivity contribution in [1.29, 1.82) is 0 Å². The normalized spacial score (nSPS) is 36.8. The molecule has 0 radical (unpaired) electrons. The summed E-state index contributed by atoms with van der Waals surface area (Å²) in [6.07, 6.45) is 3.84. The lowest BCUT2D eigenvalue weighted by atomic mass is 9.79. The zero-order chi connectivity index (χ0) is 8.82. The van der Waals surface area contributed by atoms with Crippen molar-refractivity contribution in [1.82, 2.24) is 0 Å². The summed E-state index contributed by atoms with van der Waals surface area (Å²) >= 11 is 2.08. The van der Waals surface area contributed by atoms with E-state index in [4.69, 9.17) is 0 Å². The number of rotatable bonds is 2. The van der Waals surface area contributed by atoms with Crippen LogP contribution in [0, 0.1) is 11.3 Å². The second-order valence-corrected chi connectivity index (χ2v) is 6.56. The molecule has 2 rings (SSSR count). The number of hydrogen-bond donors (Lipinski definition) is 1. The monoisotopic (exact) mass is 186 g/mol. The highest BCUT2D eigenvalue weighted by atomic mass is 32.2. The van der Waals surface area contributed by atoms with Gasteiger partial charge in [-0.2, -0.15) is 11.8 Å². The van der Waals surface area contributed by atoms with E-state index in [0.29, 0.717) is 16.8 Å². The van der Waals surface area contributed by atoms with Gasteiger partial charge in [0.05, 0.1) is 0 Å². The van der Waals surface area contributed by atoms with Crippen molar-refractivity contribution in [2.45, 2.75) is 37.9 Å². The minimum absolute atomic E-state index is 0.340. The molecule has 2 fully saturated rings. The second kappa shape index (κ2) is 2.65. The molecule has 0 amide bonds. The molecule has 0 aromatic rings. The Morgan fingerprint density at radius 3 is 2.42 bits per heavy atom. The van der Waals surface area contributed by atoms with E-state index in [-0.39, 0.29) is 0 Å². The van der Waals surface area contributed by atoms with Gasteiger partial charge in [-0.3, -0.25) is 0 Å². The largest absolute Gasteiger partial charge is 0.396 e. The van der Waals surface area contributed by atoms with Crippen LogP contribution in [0.2, 0.25) is 0 Å². The summed E-state index contributed by atoms with van der Waals surface area (Å²) in [6.45, 7) is 5.10. The molecular formula is C10H18OS. The van der Waals surface area contributed by atoms with E-state index in [1.807, 2.05) is 0 Å². The topological polar surface area (TPSA) is 20.2 Å². The Kier molecular flexibility index (Phi) is 1.96. The average molecular weight is 186 g/mol. The minimum atomic E-state index is 0.340. The van der Waals surface area contributed by atoms with Gasteiger partial charge in [0.1, 0.15) is 0 Å². The van der Waals surface area contributed by atoms with Crippen LogP contribution < -0.4 is 0 Å². The summed E-state index contributed by atoms with van der Waals surface area (Å²) < 4.78 is 0.416. The summed E-state index contributed by atoms with van der Waals surface area (Å²) in [5.74, 6) is 2.05. The Balaban J connectivity index is 2.13. The molecule has 1 aliphatic carbocycles. The molecule has 2 heteroatoms. The van der Waals surface area contributed by atoms with Crippen molar-refractivity contribution in [2.24, 2.45) is 11.3 Å². The van der Waals surface area contributed by atoms with Crippen molar-refractivity contribution >= 4 is 11.8 Å². The number of aliphatic hydroxyl groups excluding tert-OH is 1. The van der Waals surface area contributed by atoms with Crippen LogP contribution in [-0.4, -0.2) is 22.2 Å². The van der Waals surface area contributed by atoms with Gasteiger partial charge in [0, 0.05) is 11.4 Å². The summed E-state index contributed by atoms with van der Waals surface area (Å²) in [6, 6.07) is 0. The molecule has 1 heterocycles. The molecule has 1 unspecified atom stereocenters. The average Bonchev–Trinajstić information content (AvgIpc) is 2.72. The van der Waals surface area contributed by atoms with E-state index in [9.17, 15) is 5.11 Å². The fourth-order valence-electron chi connectivity index (χ4n) is 2.71. The number of hydrogen-bond acceptors (Lipinski definition) is 2. The number of thioether (sulfide) groups is 1. The van der Waals surface area contributed by atoms with Gasteiger partial charge < -0.3 is 5.11 Å². The van der Waals surface area contributed by atoms with Crippen molar-refractivity contribution in [3.8, 4) is 0 Å². The minimum Gasteiger partial charge on any atom is -0.396 e. The summed E-state index contributed by atoms with van der Waals surface area (Å²) in [5, 5.41) is 9.34. The van der Waals surface area contributed by atoms with Gasteiger partial charge in [0.2, 0.25) is 0 Å². The molecule has 1 saturated heterocycles. The van der Waals surface area contributed by atoms with E-state index in [0.717, 1.165) is 5.92 Å². The SMILES string of the molecule is CC1(C)SCCC1C1(CO)CC1. The van der Waals surface area contributed by atoms with Crippen molar-refractivity contribution in [3.63, 3.8) is 0 Å². The standard InChI is InChI=1S/C10H18OS/c1-9(2)8(3-6-12-9)10(7-11)4-5-10/h8,11H,3-7H2,1-2H3. The van der Waals surface area contributed by atoms with Gasteiger partial charge in [0.15, 0.2) is 0 Å². The van der Waals surface area contributed by atoms with Gasteiger partial charge in [0.25, 0.3) is 0 Å². The van der Waals surface area contributed by atoms with E-state index in [1.54, 1.807) is 0 Å². The maximum atomic E-state index is 9.34. The molecule has 0 spiro atoms. The second-order valence-electron chi connectivity index (χ2n) is 4.81. The Morgan fingerprint density at radius 2 is 2.08 bits per heavy atom. The highest BCUT2D eigenvalue weighted by Crippen LogP contribution is 2.61. The zero-order valence-electron chi connectivity index (χ0n) is 7.97. The highest BCUT2D eigenvalue weighted by Gasteiger charge is 2.55. The van der Waals surface area contributed by atoms with Crippen molar-refractivity contribution in [2.75, 3.05) is 12.4 Å². The van der Waals surface area contributed by atoms with Crippen LogP contribution in [0.15, 0.2) is 0 Å². The molecule has 1 aliphatic heterocycles. The Bertz CT molecular complexity index is 184. The molecule has 0 aromatic heterocycles. The third-order valence-corrected chi connectivity index (χ3v) is 5.13. The Morgan fingerprint density at radius 1 is 1.42 bits per heavy atom. The van der Waals surface area contributed by atoms with Gasteiger partial charge in [-0.25, -0.2) is 0 Å². The molecule has 1 atom stereocenters. The first-order chi connectivity index (χ1) is 5.61. The first-order valence-corrected chi connectivity index (χ1v) is 5.84. The maximum absolute atomic E-state index is 9.34. The van der Waals surface area contributed by atoms with Gasteiger partial charge in [-0.1, -0.05) is 13.8 Å². The fraction of sp³-hybridized carbons (Fsp3) is 1.00. The van der Waals surface area contributed by atoms with Crippen LogP contribution in [0.25, 0.3) is 0 Å². The predicted octanol–water partition coefficient (Wildman–Crippen LogP) is 2.29. The van der Waals surface area contributed by atoms with E-state index in [1.165, 1.54) is 25.0 Å². The zero-order valence-corrected chi connectivity index (χ0v) is 8.78. The molecule has 0 aromatic carbocycles. The van der Waals surface area contributed by atoms with Crippen LogP contribution in [0.3, 0.4) is 0 Å². The molecule has 12 heavy (non-hydrogen) atoms. The fourth-order valence-corrected chi connectivity index (χ4v) is 4.16. The maximum Gasteiger partial charge on any atom is 0.0490 e. The van der Waals surface area contributed by atoms with E-state index in [2.05, 4.69) is 25.6 Å². The van der Waals surface area contributed by atoms with Crippen molar-refractivity contribution < 1.29 is 5.11 Å². The third kappa shape index (κ3) is 1.20. The Labute approximate surface area is 78.9 Å². The lowest BCUT2D eigenvalue weighted by molar-refractivity contribution is 0.139.